The molecule has 0 aromatic heterocycles. The summed E-state index contributed by atoms with van der Waals surface area (Å²) in [6.45, 7) is 3.43. The summed E-state index contributed by atoms with van der Waals surface area (Å²) < 4.78 is 59.3. The van der Waals surface area contributed by atoms with Crippen LogP contribution < -0.4 is 0 Å². The molecule has 2 saturated heterocycles. The van der Waals surface area contributed by atoms with Crippen molar-refractivity contribution in [2.45, 2.75) is 101 Å². The SMILES string of the molecule is CO[C@@H]1O[C@H](COCc2ccccc2)[C@H](OCc2ccccc2)[C@H](OCc2ccccc2)[C@H]1O[C@@H]1O[C@@H](C)[C@@H](O)[C@@H](OCc2ccccc2)[C@@H]1OCc1ccccc1. The highest BCUT2D eigenvalue weighted by molar-refractivity contribution is 5.17. The highest BCUT2D eigenvalue weighted by Crippen LogP contribution is 2.35. The van der Waals surface area contributed by atoms with Crippen molar-refractivity contribution in [1.29, 1.82) is 0 Å². The summed E-state index contributed by atoms with van der Waals surface area (Å²) in [5.74, 6) is 0. The van der Waals surface area contributed by atoms with Crippen LogP contribution in [0.25, 0.3) is 0 Å². The molecule has 0 aliphatic carbocycles. The molecule has 10 heteroatoms. The van der Waals surface area contributed by atoms with Crippen LogP contribution in [0, 0.1) is 0 Å². The Kier molecular flexibility index (Phi) is 15.6. The van der Waals surface area contributed by atoms with Crippen molar-refractivity contribution in [3.8, 4) is 0 Å². The normalized spacial score (nSPS) is 27.3. The van der Waals surface area contributed by atoms with Gasteiger partial charge in [0.1, 0.15) is 42.7 Å². The largest absolute Gasteiger partial charge is 0.388 e. The van der Waals surface area contributed by atoms with Gasteiger partial charge in [0.15, 0.2) is 12.6 Å². The maximum atomic E-state index is 11.6. The fraction of sp³-hybridized carbons (Fsp3) is 0.375. The van der Waals surface area contributed by atoms with Crippen molar-refractivity contribution in [3.63, 3.8) is 0 Å². The fourth-order valence-corrected chi connectivity index (χ4v) is 7.29. The monoisotopic (exact) mass is 790 g/mol. The Labute approximate surface area is 341 Å². The lowest BCUT2D eigenvalue weighted by Gasteiger charge is -2.49. The average Bonchev–Trinajstić information content (AvgIpc) is 3.27. The molecule has 0 bridgehead atoms. The van der Waals surface area contributed by atoms with E-state index in [1.807, 2.05) is 152 Å². The number of rotatable bonds is 19. The van der Waals surface area contributed by atoms with Crippen LogP contribution in [0.3, 0.4) is 0 Å². The number of methoxy groups -OCH3 is 1. The second kappa shape index (κ2) is 21.6. The first kappa shape index (κ1) is 41.8. The minimum absolute atomic E-state index is 0.202. The van der Waals surface area contributed by atoms with Gasteiger partial charge in [0, 0.05) is 7.11 Å². The molecule has 0 saturated carbocycles. The van der Waals surface area contributed by atoms with E-state index in [0.29, 0.717) is 13.2 Å². The molecule has 58 heavy (non-hydrogen) atoms. The van der Waals surface area contributed by atoms with Gasteiger partial charge in [0.25, 0.3) is 0 Å². The molecule has 2 aliphatic rings. The molecule has 306 valence electrons. The van der Waals surface area contributed by atoms with Crippen LogP contribution in [-0.4, -0.2) is 80.2 Å². The van der Waals surface area contributed by atoms with E-state index in [2.05, 4.69) is 0 Å². The van der Waals surface area contributed by atoms with Crippen LogP contribution in [0.15, 0.2) is 152 Å². The Morgan fingerprint density at radius 3 is 1.29 bits per heavy atom. The predicted octanol–water partition coefficient (Wildman–Crippen LogP) is 7.41. The number of benzene rings is 5. The summed E-state index contributed by atoms with van der Waals surface area (Å²) in [7, 11) is 1.57. The van der Waals surface area contributed by atoms with Gasteiger partial charge in [-0.25, -0.2) is 0 Å². The lowest BCUT2D eigenvalue weighted by atomic mass is 9.96. The first-order valence-electron chi connectivity index (χ1n) is 20.0. The lowest BCUT2D eigenvalue weighted by Crippen LogP contribution is -2.65. The van der Waals surface area contributed by atoms with Gasteiger partial charge in [-0.2, -0.15) is 0 Å². The molecule has 2 fully saturated rings. The third kappa shape index (κ3) is 11.5. The van der Waals surface area contributed by atoms with Crippen molar-refractivity contribution in [1.82, 2.24) is 0 Å². The Balaban J connectivity index is 1.20. The van der Waals surface area contributed by atoms with Gasteiger partial charge >= 0.3 is 0 Å². The van der Waals surface area contributed by atoms with Crippen molar-refractivity contribution >= 4 is 0 Å². The van der Waals surface area contributed by atoms with Gasteiger partial charge in [-0.05, 0) is 34.7 Å². The third-order valence-electron chi connectivity index (χ3n) is 10.4. The average molecular weight is 791 g/mol. The molecule has 10 nitrogen and oxygen atoms in total. The van der Waals surface area contributed by atoms with Crippen molar-refractivity contribution in [2.75, 3.05) is 13.7 Å². The van der Waals surface area contributed by atoms with E-state index in [9.17, 15) is 5.11 Å². The third-order valence-corrected chi connectivity index (χ3v) is 10.4. The molecular formula is C48H54O10. The smallest absolute Gasteiger partial charge is 0.187 e. The highest BCUT2D eigenvalue weighted by atomic mass is 16.8. The molecule has 7 rings (SSSR count). The lowest BCUT2D eigenvalue weighted by molar-refractivity contribution is -0.376. The Morgan fingerprint density at radius 1 is 0.448 bits per heavy atom. The molecule has 0 amide bonds. The summed E-state index contributed by atoms with van der Waals surface area (Å²) in [5.41, 5.74) is 4.92. The fourth-order valence-electron chi connectivity index (χ4n) is 7.29. The predicted molar refractivity (Wildman–Crippen MR) is 217 cm³/mol. The molecule has 5 aromatic carbocycles. The van der Waals surface area contributed by atoms with E-state index in [1.165, 1.54) is 0 Å². The van der Waals surface area contributed by atoms with Crippen LogP contribution in [0.2, 0.25) is 0 Å². The standard InChI is InChI=1S/C48H54O10/c1-34-41(49)43(53-30-37-22-12-5-13-23-37)45(55-32-39-26-16-7-17-27-39)48(56-34)58-46-44(54-31-38-24-14-6-15-25-38)42(52-29-36-20-10-4-11-21-36)40(57-47(46)50-2)33-51-28-35-18-8-3-9-19-35/h3-27,34,40-49H,28-33H2,1-2H3/t34-,40+,41+,42-,43+,44-,45-,46+,47+,48-/m0/s1. The molecule has 0 radical (unpaired) electrons. The van der Waals surface area contributed by atoms with Crippen molar-refractivity contribution in [2.24, 2.45) is 0 Å². The molecule has 2 heterocycles. The highest BCUT2D eigenvalue weighted by Gasteiger charge is 2.53. The molecule has 10 atom stereocenters. The molecule has 2 aliphatic heterocycles. The molecular weight excluding hydrogens is 737 g/mol. The zero-order chi connectivity index (χ0) is 39.9. The second-order valence-electron chi connectivity index (χ2n) is 14.6. The van der Waals surface area contributed by atoms with Crippen LogP contribution in [0.5, 0.6) is 0 Å². The molecule has 0 spiro atoms. The maximum absolute atomic E-state index is 11.6. The number of ether oxygens (including phenoxy) is 9. The van der Waals surface area contributed by atoms with Gasteiger partial charge in [-0.1, -0.05) is 152 Å². The molecule has 0 unspecified atom stereocenters. The van der Waals surface area contributed by atoms with E-state index < -0.39 is 61.4 Å². The quantitative estimate of drug-likeness (QED) is 0.0911. The summed E-state index contributed by atoms with van der Waals surface area (Å²) >= 11 is 0. The van der Waals surface area contributed by atoms with Crippen LogP contribution >= 0.6 is 0 Å². The van der Waals surface area contributed by atoms with Gasteiger partial charge in [-0.15, -0.1) is 0 Å². The Bertz CT molecular complexity index is 1870. The van der Waals surface area contributed by atoms with Gasteiger partial charge < -0.3 is 47.7 Å². The number of aliphatic hydroxyl groups is 1. The topological polar surface area (TPSA) is 103 Å². The summed E-state index contributed by atoms with van der Waals surface area (Å²) in [6.07, 6.45) is -8.19. The van der Waals surface area contributed by atoms with Gasteiger partial charge in [-0.3, -0.25) is 0 Å². The van der Waals surface area contributed by atoms with Crippen molar-refractivity contribution in [3.05, 3.63) is 179 Å². The zero-order valence-corrected chi connectivity index (χ0v) is 33.1. The number of hydrogen-bond donors (Lipinski definition) is 1. The van der Waals surface area contributed by atoms with E-state index in [1.54, 1.807) is 14.0 Å². The first-order valence-corrected chi connectivity index (χ1v) is 20.0. The minimum Gasteiger partial charge on any atom is -0.388 e. The Hall–Kier alpha value is -4.30. The first-order chi connectivity index (χ1) is 28.6. The summed E-state index contributed by atoms with van der Waals surface area (Å²) in [6, 6.07) is 49.6. The van der Waals surface area contributed by atoms with Crippen LogP contribution in [0.4, 0.5) is 0 Å². The minimum atomic E-state index is -1.03. The second-order valence-corrected chi connectivity index (χ2v) is 14.6. The maximum Gasteiger partial charge on any atom is 0.187 e. The zero-order valence-electron chi connectivity index (χ0n) is 33.1. The van der Waals surface area contributed by atoms with Gasteiger partial charge in [0.2, 0.25) is 0 Å². The Morgan fingerprint density at radius 2 is 0.845 bits per heavy atom. The van der Waals surface area contributed by atoms with E-state index in [0.717, 1.165) is 27.8 Å². The summed E-state index contributed by atoms with van der Waals surface area (Å²) in [4.78, 5) is 0. The molecule has 5 aromatic rings. The van der Waals surface area contributed by atoms with Crippen LogP contribution in [0.1, 0.15) is 34.7 Å². The number of aliphatic hydroxyl groups excluding tert-OH is 1. The van der Waals surface area contributed by atoms with E-state index in [4.69, 9.17) is 42.6 Å². The van der Waals surface area contributed by atoms with Crippen molar-refractivity contribution < 1.29 is 47.7 Å². The van der Waals surface area contributed by atoms with Crippen LogP contribution in [-0.2, 0) is 75.7 Å². The molecule has 1 N–H and O–H groups in total. The van der Waals surface area contributed by atoms with Gasteiger partial charge in [0.05, 0.1) is 45.7 Å². The van der Waals surface area contributed by atoms with E-state index >= 15 is 0 Å². The number of hydrogen-bond acceptors (Lipinski definition) is 10. The summed E-state index contributed by atoms with van der Waals surface area (Å²) in [5, 5.41) is 11.6. The van der Waals surface area contributed by atoms with E-state index in [-0.39, 0.29) is 26.4 Å².